The highest BCUT2D eigenvalue weighted by Crippen LogP contribution is 2.68. The third kappa shape index (κ3) is 3.21. The Labute approximate surface area is 189 Å². The average Bonchev–Trinajstić information content (AvgIpc) is 2.93. The van der Waals surface area contributed by atoms with Gasteiger partial charge in [0, 0.05) is 31.1 Å². The van der Waals surface area contributed by atoms with Gasteiger partial charge in [-0.1, -0.05) is 19.9 Å². The van der Waals surface area contributed by atoms with Gasteiger partial charge in [-0.3, -0.25) is 14.4 Å². The van der Waals surface area contributed by atoms with Crippen LogP contribution in [0.2, 0.25) is 0 Å². The lowest BCUT2D eigenvalue weighted by molar-refractivity contribution is -0.186. The van der Waals surface area contributed by atoms with Crippen LogP contribution in [0, 0.1) is 28.6 Å². The standard InChI is InChI=1S/C25H33ClO5/c1-14(27)25(31-16(3)29)11-9-20-19-7-6-17-12-18(30-15(2)28)8-10-23(17,4)22(19)21(26)13-24(20,25)5/h6,12,19-22H,7-11,13H2,1-5H3/t19-,20-,21-,22+,23-,24-,25-/m0/s1. The molecule has 4 aliphatic rings. The number of ether oxygens (including phenoxy) is 2. The first-order valence-corrected chi connectivity index (χ1v) is 11.8. The number of hydrogen-bond donors (Lipinski definition) is 0. The number of rotatable bonds is 3. The van der Waals surface area contributed by atoms with E-state index >= 15 is 0 Å². The van der Waals surface area contributed by atoms with Crippen molar-refractivity contribution in [1.29, 1.82) is 0 Å². The van der Waals surface area contributed by atoms with Crippen LogP contribution in [0.1, 0.15) is 73.1 Å². The van der Waals surface area contributed by atoms with Gasteiger partial charge in [-0.15, -0.1) is 11.6 Å². The SMILES string of the molecule is CC(=O)OC1=CC2=CC[C@@H]3[C@H]([C@@H](Cl)C[C@@]4(C)[C@H]3CC[C@]4(OC(C)=O)C(C)=O)[C@@]2(C)CC1. The van der Waals surface area contributed by atoms with Crippen molar-refractivity contribution in [3.63, 3.8) is 0 Å². The first-order chi connectivity index (χ1) is 14.4. The van der Waals surface area contributed by atoms with Crippen LogP contribution in [-0.4, -0.2) is 28.7 Å². The maximum Gasteiger partial charge on any atom is 0.307 e. The first kappa shape index (κ1) is 22.6. The molecule has 0 bridgehead atoms. The molecule has 5 nitrogen and oxygen atoms in total. The van der Waals surface area contributed by atoms with Crippen molar-refractivity contribution in [2.24, 2.45) is 28.6 Å². The van der Waals surface area contributed by atoms with Crippen LogP contribution < -0.4 is 0 Å². The molecule has 0 unspecified atom stereocenters. The van der Waals surface area contributed by atoms with E-state index in [2.05, 4.69) is 19.9 Å². The summed E-state index contributed by atoms with van der Waals surface area (Å²) in [5.41, 5.74) is -0.431. The number of allylic oxidation sites excluding steroid dienone is 4. The van der Waals surface area contributed by atoms with Crippen molar-refractivity contribution in [3.05, 3.63) is 23.5 Å². The zero-order valence-corrected chi connectivity index (χ0v) is 19.9. The third-order valence-electron chi connectivity index (χ3n) is 8.91. The zero-order chi connectivity index (χ0) is 22.8. The minimum Gasteiger partial charge on any atom is -0.451 e. The van der Waals surface area contributed by atoms with Gasteiger partial charge in [0.15, 0.2) is 11.4 Å². The van der Waals surface area contributed by atoms with Gasteiger partial charge in [0.2, 0.25) is 0 Å². The number of ketones is 1. The van der Waals surface area contributed by atoms with Crippen molar-refractivity contribution in [3.8, 4) is 0 Å². The second-order valence-electron chi connectivity index (χ2n) is 10.5. The van der Waals surface area contributed by atoms with Gasteiger partial charge >= 0.3 is 11.9 Å². The molecule has 0 aromatic heterocycles. The van der Waals surface area contributed by atoms with Crippen LogP contribution in [0.25, 0.3) is 0 Å². The third-order valence-corrected chi connectivity index (χ3v) is 9.33. The summed E-state index contributed by atoms with van der Waals surface area (Å²) in [5.74, 6) is 0.832. The molecule has 0 spiro atoms. The molecule has 2 saturated carbocycles. The summed E-state index contributed by atoms with van der Waals surface area (Å²) in [6, 6.07) is 0. The monoisotopic (exact) mass is 448 g/mol. The molecular formula is C25H33ClO5. The van der Waals surface area contributed by atoms with E-state index in [9.17, 15) is 14.4 Å². The molecule has 2 fully saturated rings. The topological polar surface area (TPSA) is 69.7 Å². The number of Topliss-reactive ketones (excluding diaryl/α,β-unsaturated/α-hetero) is 1. The fourth-order valence-electron chi connectivity index (χ4n) is 7.68. The van der Waals surface area contributed by atoms with Gasteiger partial charge < -0.3 is 9.47 Å². The van der Waals surface area contributed by atoms with Gasteiger partial charge in [0.1, 0.15) is 5.76 Å². The molecule has 4 rings (SSSR count). The van der Waals surface area contributed by atoms with Gasteiger partial charge in [0.05, 0.1) is 0 Å². The molecule has 31 heavy (non-hydrogen) atoms. The Morgan fingerprint density at radius 2 is 1.81 bits per heavy atom. The highest BCUT2D eigenvalue weighted by atomic mass is 35.5. The molecule has 0 aromatic rings. The van der Waals surface area contributed by atoms with E-state index in [1.54, 1.807) is 6.92 Å². The lowest BCUT2D eigenvalue weighted by atomic mass is 9.47. The Morgan fingerprint density at radius 3 is 2.42 bits per heavy atom. The predicted molar refractivity (Wildman–Crippen MR) is 117 cm³/mol. The summed E-state index contributed by atoms with van der Waals surface area (Å²) in [6.45, 7) is 8.77. The Hall–Kier alpha value is -1.62. The zero-order valence-electron chi connectivity index (χ0n) is 19.1. The Bertz CT molecular complexity index is 890. The van der Waals surface area contributed by atoms with E-state index in [1.165, 1.54) is 19.4 Å². The molecular weight excluding hydrogens is 416 g/mol. The number of fused-ring (bicyclic) bond motifs is 5. The van der Waals surface area contributed by atoms with Gasteiger partial charge in [0.25, 0.3) is 0 Å². The summed E-state index contributed by atoms with van der Waals surface area (Å²) < 4.78 is 11.2. The van der Waals surface area contributed by atoms with Crippen molar-refractivity contribution in [1.82, 2.24) is 0 Å². The fourth-order valence-corrected chi connectivity index (χ4v) is 8.46. The van der Waals surface area contributed by atoms with Crippen LogP contribution in [0.15, 0.2) is 23.5 Å². The number of carbonyl (C=O) groups is 3. The van der Waals surface area contributed by atoms with E-state index in [0.717, 1.165) is 25.0 Å². The quantitative estimate of drug-likeness (QED) is 0.443. The van der Waals surface area contributed by atoms with Gasteiger partial charge in [-0.2, -0.15) is 0 Å². The Kier molecular flexibility index (Phi) is 5.44. The molecule has 4 aliphatic carbocycles. The second kappa shape index (κ2) is 7.47. The molecule has 0 aromatic carbocycles. The average molecular weight is 449 g/mol. The molecule has 0 saturated heterocycles. The van der Waals surface area contributed by atoms with Crippen LogP contribution >= 0.6 is 11.6 Å². The maximum atomic E-state index is 12.9. The van der Waals surface area contributed by atoms with Crippen LogP contribution in [-0.2, 0) is 23.9 Å². The van der Waals surface area contributed by atoms with Crippen LogP contribution in [0.4, 0.5) is 0 Å². The largest absolute Gasteiger partial charge is 0.451 e. The Balaban J connectivity index is 1.72. The minimum atomic E-state index is -1.08. The van der Waals surface area contributed by atoms with E-state index in [-0.39, 0.29) is 34.4 Å². The van der Waals surface area contributed by atoms with Crippen molar-refractivity contribution >= 4 is 29.3 Å². The molecule has 0 N–H and O–H groups in total. The van der Waals surface area contributed by atoms with E-state index in [1.807, 2.05) is 6.08 Å². The lowest BCUT2D eigenvalue weighted by Crippen LogP contribution is -2.61. The second-order valence-corrected chi connectivity index (χ2v) is 11.0. The number of esters is 2. The highest BCUT2D eigenvalue weighted by molar-refractivity contribution is 6.21. The van der Waals surface area contributed by atoms with E-state index in [4.69, 9.17) is 21.1 Å². The number of halogens is 1. The molecule has 170 valence electrons. The first-order valence-electron chi connectivity index (χ1n) is 11.4. The summed E-state index contributed by atoms with van der Waals surface area (Å²) in [5, 5.41) is -0.129. The van der Waals surface area contributed by atoms with Crippen LogP contribution in [0.3, 0.4) is 0 Å². The smallest absolute Gasteiger partial charge is 0.307 e. The number of carbonyl (C=O) groups excluding carboxylic acids is 3. The minimum absolute atomic E-state index is 0.0695. The van der Waals surface area contributed by atoms with E-state index in [0.29, 0.717) is 25.2 Å². The maximum absolute atomic E-state index is 12.9. The molecule has 6 heteroatoms. The van der Waals surface area contributed by atoms with Crippen molar-refractivity contribution in [2.45, 2.75) is 84.1 Å². The highest BCUT2D eigenvalue weighted by Gasteiger charge is 2.69. The molecule has 0 amide bonds. The lowest BCUT2D eigenvalue weighted by Gasteiger charge is -2.59. The van der Waals surface area contributed by atoms with Gasteiger partial charge in [-0.25, -0.2) is 0 Å². The summed E-state index contributed by atoms with van der Waals surface area (Å²) in [6.07, 6.45) is 8.86. The van der Waals surface area contributed by atoms with Crippen molar-refractivity contribution < 1.29 is 23.9 Å². The van der Waals surface area contributed by atoms with E-state index < -0.39 is 17.0 Å². The van der Waals surface area contributed by atoms with Crippen molar-refractivity contribution in [2.75, 3.05) is 0 Å². The Morgan fingerprint density at radius 1 is 1.10 bits per heavy atom. The van der Waals surface area contributed by atoms with Gasteiger partial charge in [-0.05, 0) is 73.8 Å². The van der Waals surface area contributed by atoms with Crippen LogP contribution in [0.5, 0.6) is 0 Å². The molecule has 0 radical (unpaired) electrons. The summed E-state index contributed by atoms with van der Waals surface area (Å²) in [4.78, 5) is 36.3. The molecule has 0 aliphatic heterocycles. The number of hydrogen-bond acceptors (Lipinski definition) is 5. The predicted octanol–water partition coefficient (Wildman–Crippen LogP) is 5.11. The fraction of sp³-hybridized carbons (Fsp3) is 0.720. The number of alkyl halides is 1. The summed E-state index contributed by atoms with van der Waals surface area (Å²) in [7, 11) is 0. The summed E-state index contributed by atoms with van der Waals surface area (Å²) >= 11 is 7.16. The molecule has 7 atom stereocenters. The normalized spacial score (nSPS) is 43.5. The molecule has 0 heterocycles.